The standard InChI is InChI=1S/C23H38O4/c1-2-3-4-5-6-7-8-9-10-11-12-13-14-15-16-17-18-19-23(26)27-21-22(25)20-24/h6-7,9-10,12-13,15-16,22,24-25H,2-5,8,11,14,17-21H2,1H3/b7-6-,10-9-,13-12+,16-15-. The van der Waals surface area contributed by atoms with E-state index in [0.29, 0.717) is 6.42 Å². The van der Waals surface area contributed by atoms with Crippen LogP contribution in [0.3, 0.4) is 0 Å². The lowest BCUT2D eigenvalue weighted by molar-refractivity contribution is -0.147. The third-order valence-electron chi connectivity index (χ3n) is 3.86. The minimum Gasteiger partial charge on any atom is -0.463 e. The van der Waals surface area contributed by atoms with Crippen LogP contribution in [0.25, 0.3) is 0 Å². The van der Waals surface area contributed by atoms with Crippen molar-refractivity contribution in [1.29, 1.82) is 0 Å². The largest absolute Gasteiger partial charge is 0.463 e. The van der Waals surface area contributed by atoms with Crippen LogP contribution in [0.5, 0.6) is 0 Å². The van der Waals surface area contributed by atoms with Crippen molar-refractivity contribution in [2.45, 2.75) is 77.2 Å². The second-order valence-corrected chi connectivity index (χ2v) is 6.50. The number of hydrogen-bond donors (Lipinski definition) is 2. The number of ether oxygens (including phenoxy) is 1. The molecule has 0 radical (unpaired) electrons. The highest BCUT2D eigenvalue weighted by Crippen LogP contribution is 2.02. The Labute approximate surface area is 165 Å². The zero-order valence-electron chi connectivity index (χ0n) is 16.9. The number of carbonyl (C=O) groups excluding carboxylic acids is 1. The summed E-state index contributed by atoms with van der Waals surface area (Å²) in [6.07, 6.45) is 26.3. The number of carbonyl (C=O) groups is 1. The van der Waals surface area contributed by atoms with Gasteiger partial charge in [-0.15, -0.1) is 0 Å². The maximum atomic E-state index is 11.4. The molecule has 0 aromatic heterocycles. The molecule has 0 saturated heterocycles. The SMILES string of the molecule is CCCCC/C=C\C/C=C\C/C=C/C/C=C\CCCC(=O)OCC(O)CO. The Morgan fingerprint density at radius 3 is 1.89 bits per heavy atom. The molecule has 0 aliphatic heterocycles. The fourth-order valence-electron chi connectivity index (χ4n) is 2.24. The van der Waals surface area contributed by atoms with Crippen molar-refractivity contribution in [3.63, 3.8) is 0 Å². The molecule has 0 rings (SSSR count). The van der Waals surface area contributed by atoms with E-state index in [-0.39, 0.29) is 12.6 Å². The lowest BCUT2D eigenvalue weighted by atomic mass is 10.2. The van der Waals surface area contributed by atoms with E-state index in [0.717, 1.165) is 32.1 Å². The number of hydrogen-bond acceptors (Lipinski definition) is 4. The van der Waals surface area contributed by atoms with Gasteiger partial charge in [-0.05, 0) is 44.9 Å². The molecule has 0 fully saturated rings. The van der Waals surface area contributed by atoms with Crippen LogP contribution in [0.4, 0.5) is 0 Å². The van der Waals surface area contributed by atoms with E-state index in [1.165, 1.54) is 25.7 Å². The van der Waals surface area contributed by atoms with E-state index < -0.39 is 12.7 Å². The highest BCUT2D eigenvalue weighted by atomic mass is 16.5. The molecule has 4 nitrogen and oxygen atoms in total. The molecule has 1 atom stereocenters. The predicted molar refractivity (Wildman–Crippen MR) is 112 cm³/mol. The molecule has 0 saturated carbocycles. The minimum atomic E-state index is -0.984. The van der Waals surface area contributed by atoms with Gasteiger partial charge in [0.15, 0.2) is 0 Å². The molecule has 2 N–H and O–H groups in total. The number of allylic oxidation sites excluding steroid dienone is 8. The molecule has 154 valence electrons. The minimum absolute atomic E-state index is 0.139. The van der Waals surface area contributed by atoms with Crippen LogP contribution in [0.1, 0.15) is 71.1 Å². The summed E-state index contributed by atoms with van der Waals surface area (Å²) in [6, 6.07) is 0. The summed E-state index contributed by atoms with van der Waals surface area (Å²) < 4.78 is 4.83. The summed E-state index contributed by atoms with van der Waals surface area (Å²) in [5.41, 5.74) is 0. The van der Waals surface area contributed by atoms with Crippen LogP contribution in [-0.2, 0) is 9.53 Å². The molecule has 1 unspecified atom stereocenters. The van der Waals surface area contributed by atoms with Crippen molar-refractivity contribution in [2.24, 2.45) is 0 Å². The molecular formula is C23H38O4. The molecule has 0 heterocycles. The van der Waals surface area contributed by atoms with Gasteiger partial charge in [0.25, 0.3) is 0 Å². The number of esters is 1. The highest BCUT2D eigenvalue weighted by Gasteiger charge is 2.06. The number of aliphatic hydroxyl groups excluding tert-OH is 2. The Hall–Kier alpha value is -1.65. The lowest BCUT2D eigenvalue weighted by Crippen LogP contribution is -2.21. The average Bonchev–Trinajstić information content (AvgIpc) is 2.68. The Morgan fingerprint density at radius 1 is 0.852 bits per heavy atom. The maximum absolute atomic E-state index is 11.4. The van der Waals surface area contributed by atoms with Crippen molar-refractivity contribution in [2.75, 3.05) is 13.2 Å². The van der Waals surface area contributed by atoms with Gasteiger partial charge < -0.3 is 14.9 Å². The first-order valence-corrected chi connectivity index (χ1v) is 10.2. The van der Waals surface area contributed by atoms with Crippen LogP contribution in [0.2, 0.25) is 0 Å². The summed E-state index contributed by atoms with van der Waals surface area (Å²) in [4.78, 5) is 11.4. The molecule has 0 spiro atoms. The van der Waals surface area contributed by atoms with E-state index in [9.17, 15) is 4.79 Å². The van der Waals surface area contributed by atoms with Gasteiger partial charge >= 0.3 is 5.97 Å². The highest BCUT2D eigenvalue weighted by molar-refractivity contribution is 5.69. The van der Waals surface area contributed by atoms with Gasteiger partial charge in [0.05, 0.1) is 6.61 Å². The molecule has 0 amide bonds. The molecule has 4 heteroatoms. The van der Waals surface area contributed by atoms with E-state index in [1.54, 1.807) is 0 Å². The Morgan fingerprint density at radius 2 is 1.37 bits per heavy atom. The molecular weight excluding hydrogens is 340 g/mol. The third-order valence-corrected chi connectivity index (χ3v) is 3.86. The van der Waals surface area contributed by atoms with Crippen LogP contribution in [0.15, 0.2) is 48.6 Å². The fourth-order valence-corrected chi connectivity index (χ4v) is 2.24. The van der Waals surface area contributed by atoms with Crippen molar-refractivity contribution in [1.82, 2.24) is 0 Å². The number of rotatable bonds is 17. The zero-order chi connectivity index (χ0) is 20.0. The lowest BCUT2D eigenvalue weighted by Gasteiger charge is -2.07. The normalized spacial score (nSPS) is 13.4. The van der Waals surface area contributed by atoms with Crippen LogP contribution < -0.4 is 0 Å². The smallest absolute Gasteiger partial charge is 0.305 e. The van der Waals surface area contributed by atoms with Gasteiger partial charge in [-0.3, -0.25) is 4.79 Å². The Balaban J connectivity index is 3.49. The quantitative estimate of drug-likeness (QED) is 0.212. The first-order chi connectivity index (χ1) is 13.2. The van der Waals surface area contributed by atoms with E-state index in [1.807, 2.05) is 0 Å². The van der Waals surface area contributed by atoms with Crippen LogP contribution in [-0.4, -0.2) is 35.5 Å². The van der Waals surface area contributed by atoms with Gasteiger partial charge in [0.2, 0.25) is 0 Å². The third kappa shape index (κ3) is 20.5. The van der Waals surface area contributed by atoms with Gasteiger partial charge in [-0.25, -0.2) is 0 Å². The summed E-state index contributed by atoms with van der Waals surface area (Å²) in [6.45, 7) is 1.69. The van der Waals surface area contributed by atoms with Gasteiger partial charge in [0.1, 0.15) is 12.7 Å². The fraction of sp³-hybridized carbons (Fsp3) is 0.609. The number of aliphatic hydroxyl groups is 2. The van der Waals surface area contributed by atoms with E-state index in [2.05, 4.69) is 55.5 Å². The van der Waals surface area contributed by atoms with E-state index >= 15 is 0 Å². The summed E-state index contributed by atoms with van der Waals surface area (Å²) in [5.74, 6) is -0.335. The van der Waals surface area contributed by atoms with Crippen LogP contribution >= 0.6 is 0 Å². The monoisotopic (exact) mass is 378 g/mol. The molecule has 0 bridgehead atoms. The molecule has 27 heavy (non-hydrogen) atoms. The van der Waals surface area contributed by atoms with Crippen molar-refractivity contribution < 1.29 is 19.7 Å². The zero-order valence-corrected chi connectivity index (χ0v) is 16.9. The van der Waals surface area contributed by atoms with E-state index in [4.69, 9.17) is 14.9 Å². The summed E-state index contributed by atoms with van der Waals surface area (Å²) in [5, 5.41) is 17.7. The first-order valence-electron chi connectivity index (χ1n) is 10.2. The molecule has 0 aliphatic rings. The molecule has 0 aromatic rings. The van der Waals surface area contributed by atoms with Gasteiger partial charge in [-0.1, -0.05) is 68.4 Å². The Bertz CT molecular complexity index is 449. The maximum Gasteiger partial charge on any atom is 0.305 e. The van der Waals surface area contributed by atoms with Crippen LogP contribution in [0, 0.1) is 0 Å². The summed E-state index contributed by atoms with van der Waals surface area (Å²) >= 11 is 0. The second kappa shape index (κ2) is 20.7. The predicted octanol–water partition coefficient (Wildman–Crippen LogP) is 5.03. The topological polar surface area (TPSA) is 66.8 Å². The van der Waals surface area contributed by atoms with Gasteiger partial charge in [0, 0.05) is 6.42 Å². The Kier molecular flexibility index (Phi) is 19.4. The molecule has 0 aliphatic carbocycles. The summed E-state index contributed by atoms with van der Waals surface area (Å²) in [7, 11) is 0. The van der Waals surface area contributed by atoms with Gasteiger partial charge in [-0.2, -0.15) is 0 Å². The second-order valence-electron chi connectivity index (χ2n) is 6.50. The average molecular weight is 379 g/mol. The molecule has 0 aromatic carbocycles. The number of unbranched alkanes of at least 4 members (excludes halogenated alkanes) is 4. The first kappa shape index (κ1) is 25.4. The van der Waals surface area contributed by atoms with Crippen molar-refractivity contribution in [3.8, 4) is 0 Å². The van der Waals surface area contributed by atoms with Crippen molar-refractivity contribution >= 4 is 5.97 Å². The van der Waals surface area contributed by atoms with Crippen molar-refractivity contribution in [3.05, 3.63) is 48.6 Å².